The number of benzene rings is 2. The quantitative estimate of drug-likeness (QED) is 0.808. The van der Waals surface area contributed by atoms with Gasteiger partial charge < -0.3 is 20.1 Å². The van der Waals surface area contributed by atoms with E-state index in [4.69, 9.17) is 15.2 Å². The summed E-state index contributed by atoms with van der Waals surface area (Å²) < 4.78 is 25.8. The highest BCUT2D eigenvalue weighted by atomic mass is 19.1. The SMILES string of the molecule is C[C@@H](N)[C@@H](CCN1CCN(c2cccc3c2OCCO3)CC1)c1ccccc1F. The molecule has 0 aromatic heterocycles. The first-order valence-electron chi connectivity index (χ1n) is 10.5. The molecule has 0 radical (unpaired) electrons. The third kappa shape index (κ3) is 4.49. The van der Waals surface area contributed by atoms with E-state index in [-0.39, 0.29) is 17.8 Å². The Morgan fingerprint density at radius 2 is 1.76 bits per heavy atom. The molecule has 2 atom stereocenters. The third-order valence-electron chi connectivity index (χ3n) is 5.95. The van der Waals surface area contributed by atoms with Gasteiger partial charge >= 0.3 is 0 Å². The monoisotopic (exact) mass is 399 g/mol. The first-order valence-corrected chi connectivity index (χ1v) is 10.5. The van der Waals surface area contributed by atoms with Gasteiger partial charge in [0.1, 0.15) is 19.0 Å². The second-order valence-electron chi connectivity index (χ2n) is 7.91. The van der Waals surface area contributed by atoms with E-state index in [1.807, 2.05) is 31.2 Å². The fourth-order valence-corrected chi connectivity index (χ4v) is 4.32. The average molecular weight is 400 g/mol. The highest BCUT2D eigenvalue weighted by Crippen LogP contribution is 2.39. The highest BCUT2D eigenvalue weighted by Gasteiger charge is 2.25. The second-order valence-corrected chi connectivity index (χ2v) is 7.91. The van der Waals surface area contributed by atoms with Crippen molar-refractivity contribution in [2.24, 2.45) is 5.73 Å². The van der Waals surface area contributed by atoms with Gasteiger partial charge in [-0.05, 0) is 43.7 Å². The van der Waals surface area contributed by atoms with Gasteiger partial charge in [-0.3, -0.25) is 4.90 Å². The maximum Gasteiger partial charge on any atom is 0.184 e. The number of piperazine rings is 1. The van der Waals surface area contributed by atoms with Crippen molar-refractivity contribution >= 4 is 5.69 Å². The van der Waals surface area contributed by atoms with Crippen LogP contribution in [0.1, 0.15) is 24.8 Å². The van der Waals surface area contributed by atoms with Crippen LogP contribution in [0.4, 0.5) is 10.1 Å². The minimum atomic E-state index is -0.157. The number of para-hydroxylation sites is 1. The topological polar surface area (TPSA) is 51.0 Å². The van der Waals surface area contributed by atoms with Crippen LogP contribution in [-0.2, 0) is 0 Å². The maximum atomic E-state index is 14.2. The Kier molecular flexibility index (Phi) is 6.21. The summed E-state index contributed by atoms with van der Waals surface area (Å²) >= 11 is 0. The lowest BCUT2D eigenvalue weighted by Gasteiger charge is -2.38. The molecular weight excluding hydrogens is 369 g/mol. The van der Waals surface area contributed by atoms with Crippen LogP contribution in [0.3, 0.4) is 0 Å². The molecule has 2 aromatic carbocycles. The standard InChI is InChI=1S/C23H30FN3O2/c1-17(25)18(19-5-2-3-6-20(19)24)9-10-26-11-13-27(14-12-26)21-7-4-8-22-23(21)29-16-15-28-22/h2-8,17-18H,9-16,25H2,1H3/t17-,18-/m1/s1. The maximum absolute atomic E-state index is 14.2. The predicted molar refractivity (Wildman–Crippen MR) is 113 cm³/mol. The Bertz CT molecular complexity index is 822. The predicted octanol–water partition coefficient (Wildman–Crippen LogP) is 3.24. The van der Waals surface area contributed by atoms with Gasteiger partial charge in [-0.2, -0.15) is 0 Å². The molecule has 1 fully saturated rings. The molecule has 0 saturated carbocycles. The van der Waals surface area contributed by atoms with Crippen molar-refractivity contribution in [2.45, 2.75) is 25.3 Å². The highest BCUT2D eigenvalue weighted by molar-refractivity contribution is 5.65. The molecule has 2 aliphatic heterocycles. The lowest BCUT2D eigenvalue weighted by molar-refractivity contribution is 0.171. The number of rotatable bonds is 6. The van der Waals surface area contributed by atoms with E-state index in [1.54, 1.807) is 6.07 Å². The molecule has 5 nitrogen and oxygen atoms in total. The summed E-state index contributed by atoms with van der Waals surface area (Å²) in [6.45, 7) is 7.88. The summed E-state index contributed by atoms with van der Waals surface area (Å²) in [7, 11) is 0. The molecule has 29 heavy (non-hydrogen) atoms. The van der Waals surface area contributed by atoms with Crippen LogP contribution in [0.15, 0.2) is 42.5 Å². The summed E-state index contributed by atoms with van der Waals surface area (Å²) in [5, 5.41) is 0. The summed E-state index contributed by atoms with van der Waals surface area (Å²) in [5.41, 5.74) is 8.04. The summed E-state index contributed by atoms with van der Waals surface area (Å²) in [5.74, 6) is 1.57. The van der Waals surface area contributed by atoms with Crippen LogP contribution in [-0.4, -0.2) is 56.9 Å². The van der Waals surface area contributed by atoms with Gasteiger partial charge in [-0.25, -0.2) is 4.39 Å². The van der Waals surface area contributed by atoms with E-state index in [0.717, 1.165) is 61.9 Å². The fourth-order valence-electron chi connectivity index (χ4n) is 4.32. The van der Waals surface area contributed by atoms with E-state index >= 15 is 0 Å². The number of nitrogens with two attached hydrogens (primary N) is 1. The van der Waals surface area contributed by atoms with Crippen LogP contribution < -0.4 is 20.1 Å². The van der Waals surface area contributed by atoms with Gasteiger partial charge in [0.2, 0.25) is 0 Å². The van der Waals surface area contributed by atoms with Crippen LogP contribution in [0.25, 0.3) is 0 Å². The van der Waals surface area contributed by atoms with E-state index in [9.17, 15) is 4.39 Å². The Morgan fingerprint density at radius 3 is 2.52 bits per heavy atom. The van der Waals surface area contributed by atoms with E-state index in [1.165, 1.54) is 6.07 Å². The van der Waals surface area contributed by atoms with Crippen LogP contribution in [0, 0.1) is 5.82 Å². The van der Waals surface area contributed by atoms with Gasteiger partial charge in [0.15, 0.2) is 11.5 Å². The largest absolute Gasteiger partial charge is 0.486 e. The molecule has 2 aromatic rings. The first-order chi connectivity index (χ1) is 14.1. The van der Waals surface area contributed by atoms with Crippen LogP contribution >= 0.6 is 0 Å². The van der Waals surface area contributed by atoms with Crippen molar-refractivity contribution in [3.8, 4) is 11.5 Å². The van der Waals surface area contributed by atoms with Crippen molar-refractivity contribution in [3.63, 3.8) is 0 Å². The molecule has 0 amide bonds. The van der Waals surface area contributed by atoms with Crippen molar-refractivity contribution in [1.29, 1.82) is 0 Å². The number of fused-ring (bicyclic) bond motifs is 1. The van der Waals surface area contributed by atoms with Crippen LogP contribution in [0.5, 0.6) is 11.5 Å². The Labute approximate surface area is 172 Å². The normalized spacial score (nSPS) is 19.1. The van der Waals surface area contributed by atoms with Crippen molar-refractivity contribution in [2.75, 3.05) is 50.8 Å². The molecule has 6 heteroatoms. The van der Waals surface area contributed by atoms with Gasteiger partial charge in [0, 0.05) is 38.1 Å². The summed E-state index contributed by atoms with van der Waals surface area (Å²) in [6.07, 6.45) is 0.857. The molecule has 2 N–H and O–H groups in total. The number of halogens is 1. The molecule has 1 saturated heterocycles. The molecule has 2 heterocycles. The minimum Gasteiger partial charge on any atom is -0.486 e. The molecule has 0 unspecified atom stereocenters. The summed E-state index contributed by atoms with van der Waals surface area (Å²) in [4.78, 5) is 4.81. The first kappa shape index (κ1) is 20.0. The van der Waals surface area contributed by atoms with Crippen molar-refractivity contribution < 1.29 is 13.9 Å². The van der Waals surface area contributed by atoms with Gasteiger partial charge in [0.25, 0.3) is 0 Å². The average Bonchev–Trinajstić information content (AvgIpc) is 2.75. The molecule has 0 bridgehead atoms. The second kappa shape index (κ2) is 9.01. The number of hydrogen-bond donors (Lipinski definition) is 1. The fraction of sp³-hybridized carbons (Fsp3) is 0.478. The van der Waals surface area contributed by atoms with E-state index in [0.29, 0.717) is 13.2 Å². The van der Waals surface area contributed by atoms with Crippen molar-refractivity contribution in [3.05, 3.63) is 53.8 Å². The molecule has 0 aliphatic carbocycles. The number of hydrogen-bond acceptors (Lipinski definition) is 5. The Balaban J connectivity index is 1.35. The lowest BCUT2D eigenvalue weighted by Crippen LogP contribution is -2.47. The van der Waals surface area contributed by atoms with Gasteiger partial charge in [-0.1, -0.05) is 24.3 Å². The van der Waals surface area contributed by atoms with Crippen molar-refractivity contribution in [1.82, 2.24) is 4.90 Å². The Morgan fingerprint density at radius 1 is 1.00 bits per heavy atom. The Hall–Kier alpha value is -2.31. The van der Waals surface area contributed by atoms with Gasteiger partial charge in [0.05, 0.1) is 5.69 Å². The smallest absolute Gasteiger partial charge is 0.184 e. The zero-order valence-electron chi connectivity index (χ0n) is 17.0. The zero-order chi connectivity index (χ0) is 20.2. The molecule has 2 aliphatic rings. The molecule has 4 rings (SSSR count). The van der Waals surface area contributed by atoms with E-state index < -0.39 is 0 Å². The summed E-state index contributed by atoms with van der Waals surface area (Å²) in [6, 6.07) is 13.0. The number of nitrogens with zero attached hydrogens (tertiary/aromatic N) is 2. The number of ether oxygens (including phenoxy) is 2. The molecular formula is C23H30FN3O2. The lowest BCUT2D eigenvalue weighted by atomic mass is 9.89. The van der Waals surface area contributed by atoms with Gasteiger partial charge in [-0.15, -0.1) is 0 Å². The molecule has 156 valence electrons. The third-order valence-corrected chi connectivity index (χ3v) is 5.95. The number of anilines is 1. The zero-order valence-corrected chi connectivity index (χ0v) is 17.0. The van der Waals surface area contributed by atoms with Crippen LogP contribution in [0.2, 0.25) is 0 Å². The van der Waals surface area contributed by atoms with E-state index in [2.05, 4.69) is 15.9 Å². The molecule has 0 spiro atoms. The minimum absolute atomic E-state index is 0.0286.